The summed E-state index contributed by atoms with van der Waals surface area (Å²) in [5.41, 5.74) is 2.71. The lowest BCUT2D eigenvalue weighted by Crippen LogP contribution is -2.21. The standard InChI is InChI=1S/C20H13BrN2O3/c21-14-9-7-13(8-10-14)12-16(22-19(24)18-6-3-11-25-18)20-23-15-4-1-2-5-17(15)26-20/h1-12H,(H,22,24). The van der Waals surface area contributed by atoms with Gasteiger partial charge >= 0.3 is 0 Å². The molecule has 5 nitrogen and oxygen atoms in total. The Bertz CT molecular complexity index is 1050. The van der Waals surface area contributed by atoms with Gasteiger partial charge in [0, 0.05) is 4.47 Å². The fourth-order valence-electron chi connectivity index (χ4n) is 2.46. The number of nitrogens with one attached hydrogen (secondary N) is 1. The second-order valence-corrected chi connectivity index (χ2v) is 6.44. The van der Waals surface area contributed by atoms with Gasteiger partial charge in [-0.05, 0) is 48.0 Å². The average molecular weight is 409 g/mol. The van der Waals surface area contributed by atoms with Crippen LogP contribution in [0.5, 0.6) is 0 Å². The Hall–Kier alpha value is -3.12. The Balaban J connectivity index is 1.75. The minimum Gasteiger partial charge on any atom is -0.459 e. The average Bonchev–Trinajstić information content (AvgIpc) is 3.32. The normalized spacial score (nSPS) is 11.7. The molecule has 0 fully saturated rings. The Morgan fingerprint density at radius 1 is 1.04 bits per heavy atom. The zero-order valence-electron chi connectivity index (χ0n) is 13.5. The van der Waals surface area contributed by atoms with Crippen LogP contribution in [0.1, 0.15) is 22.0 Å². The molecule has 2 aromatic heterocycles. The molecule has 0 bridgehead atoms. The van der Waals surface area contributed by atoms with Crippen LogP contribution in [0.25, 0.3) is 22.9 Å². The van der Waals surface area contributed by atoms with E-state index in [4.69, 9.17) is 8.83 Å². The van der Waals surface area contributed by atoms with Crippen molar-refractivity contribution in [1.29, 1.82) is 0 Å². The second-order valence-electron chi connectivity index (χ2n) is 5.53. The molecule has 0 aliphatic carbocycles. The largest absolute Gasteiger partial charge is 0.459 e. The maximum absolute atomic E-state index is 12.4. The number of oxazole rings is 1. The van der Waals surface area contributed by atoms with Crippen LogP contribution in [0.4, 0.5) is 0 Å². The van der Waals surface area contributed by atoms with Gasteiger partial charge < -0.3 is 14.2 Å². The SMILES string of the molecule is O=C(NC(=Cc1ccc(Br)cc1)c1nc2ccccc2o1)c1ccco1. The molecule has 0 saturated carbocycles. The highest BCUT2D eigenvalue weighted by molar-refractivity contribution is 9.10. The molecule has 26 heavy (non-hydrogen) atoms. The molecule has 0 saturated heterocycles. The first-order valence-electron chi connectivity index (χ1n) is 7.87. The molecule has 0 aliphatic heterocycles. The first-order valence-corrected chi connectivity index (χ1v) is 8.66. The van der Waals surface area contributed by atoms with Crippen molar-refractivity contribution in [2.45, 2.75) is 0 Å². The number of carbonyl (C=O) groups is 1. The zero-order valence-corrected chi connectivity index (χ0v) is 15.1. The summed E-state index contributed by atoms with van der Waals surface area (Å²) in [7, 11) is 0. The van der Waals surface area contributed by atoms with Gasteiger partial charge in [-0.3, -0.25) is 4.79 Å². The molecule has 128 valence electrons. The summed E-state index contributed by atoms with van der Waals surface area (Å²) >= 11 is 3.41. The summed E-state index contributed by atoms with van der Waals surface area (Å²) in [6, 6.07) is 18.4. The quantitative estimate of drug-likeness (QED) is 0.509. The molecule has 4 rings (SSSR count). The van der Waals surface area contributed by atoms with Crippen molar-refractivity contribution in [3.63, 3.8) is 0 Å². The van der Waals surface area contributed by atoms with Gasteiger partial charge in [0.05, 0.1) is 6.26 Å². The van der Waals surface area contributed by atoms with E-state index in [2.05, 4.69) is 26.2 Å². The van der Waals surface area contributed by atoms with E-state index >= 15 is 0 Å². The second kappa shape index (κ2) is 7.01. The van der Waals surface area contributed by atoms with E-state index in [1.54, 1.807) is 18.2 Å². The Morgan fingerprint density at radius 2 is 1.85 bits per heavy atom. The van der Waals surface area contributed by atoms with Crippen molar-refractivity contribution >= 4 is 44.7 Å². The van der Waals surface area contributed by atoms with Crippen LogP contribution >= 0.6 is 15.9 Å². The first-order chi connectivity index (χ1) is 12.7. The number of furan rings is 1. The number of carbonyl (C=O) groups excluding carboxylic acids is 1. The number of nitrogens with zero attached hydrogens (tertiary/aromatic N) is 1. The molecular weight excluding hydrogens is 396 g/mol. The number of halogens is 1. The lowest BCUT2D eigenvalue weighted by atomic mass is 10.2. The Kier molecular flexibility index (Phi) is 4.41. The van der Waals surface area contributed by atoms with E-state index in [0.717, 1.165) is 15.6 Å². The summed E-state index contributed by atoms with van der Waals surface area (Å²) in [6.45, 7) is 0. The Labute approximate surface area is 157 Å². The number of rotatable bonds is 4. The van der Waals surface area contributed by atoms with Gasteiger partial charge in [-0.25, -0.2) is 4.98 Å². The minimum atomic E-state index is -0.374. The molecule has 2 heterocycles. The summed E-state index contributed by atoms with van der Waals surface area (Å²) in [6.07, 6.45) is 3.25. The van der Waals surface area contributed by atoms with Crippen molar-refractivity contribution in [2.75, 3.05) is 0 Å². The number of fused-ring (bicyclic) bond motifs is 1. The smallest absolute Gasteiger partial charge is 0.291 e. The lowest BCUT2D eigenvalue weighted by molar-refractivity contribution is 0.0946. The molecule has 0 atom stereocenters. The third-order valence-corrected chi connectivity index (χ3v) is 4.23. The third-order valence-electron chi connectivity index (χ3n) is 3.70. The van der Waals surface area contributed by atoms with Crippen LogP contribution in [-0.2, 0) is 0 Å². The fourth-order valence-corrected chi connectivity index (χ4v) is 2.72. The highest BCUT2D eigenvalue weighted by Crippen LogP contribution is 2.22. The molecule has 4 aromatic rings. The number of hydrogen-bond donors (Lipinski definition) is 1. The molecule has 1 N–H and O–H groups in total. The van der Waals surface area contributed by atoms with E-state index in [0.29, 0.717) is 17.2 Å². The van der Waals surface area contributed by atoms with Gasteiger partial charge in [-0.2, -0.15) is 0 Å². The van der Waals surface area contributed by atoms with Crippen LogP contribution in [-0.4, -0.2) is 10.9 Å². The van der Waals surface area contributed by atoms with Gasteiger partial charge in [0.15, 0.2) is 11.3 Å². The molecule has 0 radical (unpaired) electrons. The zero-order chi connectivity index (χ0) is 17.9. The van der Waals surface area contributed by atoms with Crippen LogP contribution in [0.3, 0.4) is 0 Å². The maximum atomic E-state index is 12.4. The molecule has 0 unspecified atom stereocenters. The van der Waals surface area contributed by atoms with Gasteiger partial charge in [-0.15, -0.1) is 0 Å². The summed E-state index contributed by atoms with van der Waals surface area (Å²) < 4.78 is 11.9. The first kappa shape index (κ1) is 16.4. The van der Waals surface area contributed by atoms with Crippen molar-refractivity contribution < 1.29 is 13.6 Å². The van der Waals surface area contributed by atoms with Crippen LogP contribution in [0, 0.1) is 0 Å². The number of hydrogen-bond acceptors (Lipinski definition) is 4. The summed E-state index contributed by atoms with van der Waals surface area (Å²) in [5, 5.41) is 2.82. The predicted octanol–water partition coefficient (Wildman–Crippen LogP) is 5.11. The lowest BCUT2D eigenvalue weighted by Gasteiger charge is -2.06. The predicted molar refractivity (Wildman–Crippen MR) is 102 cm³/mol. The molecular formula is C20H13BrN2O3. The highest BCUT2D eigenvalue weighted by Gasteiger charge is 2.16. The summed E-state index contributed by atoms with van der Waals surface area (Å²) in [4.78, 5) is 16.9. The van der Waals surface area contributed by atoms with Gasteiger partial charge in [0.25, 0.3) is 5.91 Å². The molecule has 1 amide bonds. The molecule has 6 heteroatoms. The number of benzene rings is 2. The van der Waals surface area contributed by atoms with E-state index in [-0.39, 0.29) is 11.7 Å². The van der Waals surface area contributed by atoms with Crippen LogP contribution < -0.4 is 5.32 Å². The van der Waals surface area contributed by atoms with Crippen LogP contribution in [0.15, 0.2) is 80.2 Å². The van der Waals surface area contributed by atoms with Crippen molar-refractivity contribution in [3.05, 3.63) is 88.6 Å². The molecule has 0 aliphatic rings. The molecule has 0 spiro atoms. The Morgan fingerprint density at radius 3 is 2.58 bits per heavy atom. The molecule has 2 aromatic carbocycles. The highest BCUT2D eigenvalue weighted by atomic mass is 79.9. The monoisotopic (exact) mass is 408 g/mol. The van der Waals surface area contributed by atoms with Gasteiger partial charge in [-0.1, -0.05) is 40.2 Å². The van der Waals surface area contributed by atoms with Crippen LogP contribution in [0.2, 0.25) is 0 Å². The van der Waals surface area contributed by atoms with Crippen molar-refractivity contribution in [1.82, 2.24) is 10.3 Å². The third kappa shape index (κ3) is 3.45. The topological polar surface area (TPSA) is 68.3 Å². The van der Waals surface area contributed by atoms with E-state index in [9.17, 15) is 4.79 Å². The van der Waals surface area contributed by atoms with E-state index in [1.807, 2.05) is 48.5 Å². The maximum Gasteiger partial charge on any atom is 0.291 e. The van der Waals surface area contributed by atoms with Gasteiger partial charge in [0.1, 0.15) is 11.2 Å². The number of para-hydroxylation sites is 2. The minimum absolute atomic E-state index is 0.211. The van der Waals surface area contributed by atoms with Gasteiger partial charge in [0.2, 0.25) is 5.89 Å². The fraction of sp³-hybridized carbons (Fsp3) is 0. The van der Waals surface area contributed by atoms with Crippen molar-refractivity contribution in [3.8, 4) is 0 Å². The number of amides is 1. The van der Waals surface area contributed by atoms with E-state index < -0.39 is 0 Å². The van der Waals surface area contributed by atoms with Crippen molar-refractivity contribution in [2.24, 2.45) is 0 Å². The summed E-state index contributed by atoms with van der Waals surface area (Å²) in [5.74, 6) is 0.164. The number of aromatic nitrogens is 1. The van der Waals surface area contributed by atoms with E-state index in [1.165, 1.54) is 6.26 Å².